The van der Waals surface area contributed by atoms with Crippen molar-refractivity contribution in [1.82, 2.24) is 9.47 Å². The molecule has 0 N–H and O–H groups in total. The second-order valence-electron chi connectivity index (χ2n) is 5.23. The number of hydrogen-bond acceptors (Lipinski definition) is 1. The molecular weight excluding hydrogens is 272 g/mol. The number of halogens is 1. The highest BCUT2D eigenvalue weighted by Gasteiger charge is 2.22. The highest BCUT2D eigenvalue weighted by atomic mass is 35.5. The zero-order valence-electron chi connectivity index (χ0n) is 11.5. The van der Waals surface area contributed by atoms with Crippen LogP contribution in [-0.4, -0.2) is 21.9 Å². The lowest BCUT2D eigenvalue weighted by atomic mass is 10.1. The number of aryl methyl sites for hydroxylation is 1. The standard InChI is InChI=1S/C16H17ClN2O/c1-18-8-6-13-11-19(9-7-15(13)18)16(20)10-12-4-2-3-5-14(12)17/h2-6,8H,7,9-11H2,1H3. The van der Waals surface area contributed by atoms with Gasteiger partial charge < -0.3 is 9.47 Å². The number of benzene rings is 1. The molecular formula is C16H17ClN2O. The van der Waals surface area contributed by atoms with E-state index in [1.807, 2.05) is 29.2 Å². The van der Waals surface area contributed by atoms with Crippen LogP contribution < -0.4 is 0 Å². The van der Waals surface area contributed by atoms with Crippen LogP contribution in [0.1, 0.15) is 16.8 Å². The zero-order chi connectivity index (χ0) is 14.1. The summed E-state index contributed by atoms with van der Waals surface area (Å²) < 4.78 is 2.14. The Labute approximate surface area is 123 Å². The number of nitrogens with zero attached hydrogens (tertiary/aromatic N) is 2. The van der Waals surface area contributed by atoms with Crippen LogP contribution in [-0.2, 0) is 31.2 Å². The van der Waals surface area contributed by atoms with E-state index in [1.54, 1.807) is 0 Å². The molecule has 0 atom stereocenters. The van der Waals surface area contributed by atoms with Gasteiger partial charge in [0.15, 0.2) is 0 Å². The van der Waals surface area contributed by atoms with Crippen molar-refractivity contribution < 1.29 is 4.79 Å². The second-order valence-corrected chi connectivity index (χ2v) is 5.64. The van der Waals surface area contributed by atoms with Crippen LogP contribution in [0.5, 0.6) is 0 Å². The molecule has 1 aliphatic heterocycles. The summed E-state index contributed by atoms with van der Waals surface area (Å²) in [5, 5.41) is 0.665. The molecule has 3 nitrogen and oxygen atoms in total. The number of rotatable bonds is 2. The molecule has 0 fully saturated rings. The van der Waals surface area contributed by atoms with Crippen molar-refractivity contribution in [1.29, 1.82) is 0 Å². The Morgan fingerprint density at radius 3 is 2.90 bits per heavy atom. The van der Waals surface area contributed by atoms with E-state index in [0.29, 0.717) is 18.0 Å². The van der Waals surface area contributed by atoms with Gasteiger partial charge in [-0.05, 0) is 23.3 Å². The highest BCUT2D eigenvalue weighted by molar-refractivity contribution is 6.31. The number of carbonyl (C=O) groups is 1. The first-order valence-corrected chi connectivity index (χ1v) is 7.17. The summed E-state index contributed by atoms with van der Waals surface area (Å²) in [6.07, 6.45) is 3.36. The molecule has 0 unspecified atom stereocenters. The minimum atomic E-state index is 0.146. The molecule has 104 valence electrons. The molecule has 0 saturated carbocycles. The zero-order valence-corrected chi connectivity index (χ0v) is 12.2. The van der Waals surface area contributed by atoms with Crippen molar-refractivity contribution >= 4 is 17.5 Å². The van der Waals surface area contributed by atoms with Crippen LogP contribution >= 0.6 is 11.6 Å². The normalized spacial score (nSPS) is 14.2. The van der Waals surface area contributed by atoms with E-state index in [0.717, 1.165) is 18.5 Å². The lowest BCUT2D eigenvalue weighted by molar-refractivity contribution is -0.131. The smallest absolute Gasteiger partial charge is 0.227 e. The topological polar surface area (TPSA) is 25.2 Å². The minimum absolute atomic E-state index is 0.146. The number of amides is 1. The molecule has 4 heteroatoms. The van der Waals surface area contributed by atoms with E-state index in [2.05, 4.69) is 23.9 Å². The summed E-state index contributed by atoms with van der Waals surface area (Å²) in [4.78, 5) is 14.3. The molecule has 1 aliphatic rings. The fraction of sp³-hybridized carbons (Fsp3) is 0.312. The summed E-state index contributed by atoms with van der Waals surface area (Å²) in [6, 6.07) is 9.64. The first-order chi connectivity index (χ1) is 9.65. The summed E-state index contributed by atoms with van der Waals surface area (Å²) in [5.41, 5.74) is 3.50. The third-order valence-corrected chi connectivity index (χ3v) is 4.30. The first kappa shape index (κ1) is 13.3. The second kappa shape index (κ2) is 5.33. The third-order valence-electron chi connectivity index (χ3n) is 3.93. The van der Waals surface area contributed by atoms with Crippen molar-refractivity contribution in [2.45, 2.75) is 19.4 Å². The van der Waals surface area contributed by atoms with Crippen molar-refractivity contribution in [3.05, 3.63) is 58.4 Å². The Hall–Kier alpha value is -1.74. The number of hydrogen-bond donors (Lipinski definition) is 0. The van der Waals surface area contributed by atoms with E-state index >= 15 is 0 Å². The summed E-state index contributed by atoms with van der Waals surface area (Å²) in [5.74, 6) is 0.146. The molecule has 2 heterocycles. The van der Waals surface area contributed by atoms with Gasteiger partial charge in [-0.1, -0.05) is 29.8 Å². The average molecular weight is 289 g/mol. The summed E-state index contributed by atoms with van der Waals surface area (Å²) in [6.45, 7) is 1.49. The molecule has 0 radical (unpaired) electrons. The SMILES string of the molecule is Cn1ccc2c1CCN(C(=O)Cc1ccccc1Cl)C2. The number of aromatic nitrogens is 1. The van der Waals surface area contributed by atoms with Crippen LogP contribution in [0.25, 0.3) is 0 Å². The molecule has 0 saturated heterocycles. The van der Waals surface area contributed by atoms with E-state index in [4.69, 9.17) is 11.6 Å². The molecule has 20 heavy (non-hydrogen) atoms. The first-order valence-electron chi connectivity index (χ1n) is 6.79. The molecule has 0 spiro atoms. The largest absolute Gasteiger partial charge is 0.354 e. The summed E-state index contributed by atoms with van der Waals surface area (Å²) in [7, 11) is 2.06. The Balaban J connectivity index is 1.72. The van der Waals surface area contributed by atoms with Gasteiger partial charge in [-0.3, -0.25) is 4.79 Å². The van der Waals surface area contributed by atoms with Gasteiger partial charge in [0.25, 0.3) is 0 Å². The molecule has 3 rings (SSSR count). The molecule has 0 bridgehead atoms. The van der Waals surface area contributed by atoms with Crippen LogP contribution in [0, 0.1) is 0 Å². The third kappa shape index (κ3) is 2.46. The van der Waals surface area contributed by atoms with Crippen LogP contribution in [0.2, 0.25) is 5.02 Å². The maximum atomic E-state index is 12.4. The van der Waals surface area contributed by atoms with Crippen molar-refractivity contribution in [3.63, 3.8) is 0 Å². The Kier molecular flexibility index (Phi) is 3.53. The maximum Gasteiger partial charge on any atom is 0.227 e. The lowest BCUT2D eigenvalue weighted by Crippen LogP contribution is -2.37. The molecule has 2 aromatic rings. The van der Waals surface area contributed by atoms with Gasteiger partial charge in [0.05, 0.1) is 6.42 Å². The molecule has 1 aromatic carbocycles. The van der Waals surface area contributed by atoms with Gasteiger partial charge in [-0.2, -0.15) is 0 Å². The fourth-order valence-corrected chi connectivity index (χ4v) is 2.95. The predicted octanol–water partition coefficient (Wildman–Crippen LogP) is 2.81. The Bertz CT molecular complexity index is 648. The maximum absolute atomic E-state index is 12.4. The van der Waals surface area contributed by atoms with Crippen LogP contribution in [0.15, 0.2) is 36.5 Å². The van der Waals surface area contributed by atoms with Crippen LogP contribution in [0.4, 0.5) is 0 Å². The Morgan fingerprint density at radius 1 is 1.30 bits per heavy atom. The number of carbonyl (C=O) groups excluding carboxylic acids is 1. The monoisotopic (exact) mass is 288 g/mol. The molecule has 0 aliphatic carbocycles. The summed E-state index contributed by atoms with van der Waals surface area (Å²) >= 11 is 6.12. The van der Waals surface area contributed by atoms with Crippen molar-refractivity contribution in [2.24, 2.45) is 7.05 Å². The van der Waals surface area contributed by atoms with E-state index in [9.17, 15) is 4.79 Å². The van der Waals surface area contributed by atoms with E-state index in [1.165, 1.54) is 11.3 Å². The average Bonchev–Trinajstić information content (AvgIpc) is 2.82. The highest BCUT2D eigenvalue weighted by Crippen LogP contribution is 2.21. The molecule has 1 aromatic heterocycles. The quantitative estimate of drug-likeness (QED) is 0.834. The molecule has 1 amide bonds. The van der Waals surface area contributed by atoms with Crippen molar-refractivity contribution in [3.8, 4) is 0 Å². The van der Waals surface area contributed by atoms with E-state index in [-0.39, 0.29) is 5.91 Å². The van der Waals surface area contributed by atoms with E-state index < -0.39 is 0 Å². The van der Waals surface area contributed by atoms with Gasteiger partial charge in [0, 0.05) is 43.5 Å². The van der Waals surface area contributed by atoms with Gasteiger partial charge in [0.1, 0.15) is 0 Å². The lowest BCUT2D eigenvalue weighted by Gasteiger charge is -2.28. The minimum Gasteiger partial charge on any atom is -0.354 e. The van der Waals surface area contributed by atoms with Gasteiger partial charge in [0.2, 0.25) is 5.91 Å². The van der Waals surface area contributed by atoms with Gasteiger partial charge in [-0.15, -0.1) is 0 Å². The number of fused-ring (bicyclic) bond motifs is 1. The van der Waals surface area contributed by atoms with Gasteiger partial charge in [-0.25, -0.2) is 0 Å². The predicted molar refractivity (Wildman–Crippen MR) is 79.7 cm³/mol. The van der Waals surface area contributed by atoms with Crippen molar-refractivity contribution in [2.75, 3.05) is 6.54 Å². The Morgan fingerprint density at radius 2 is 2.10 bits per heavy atom. The fourth-order valence-electron chi connectivity index (χ4n) is 2.75. The van der Waals surface area contributed by atoms with Crippen LogP contribution in [0.3, 0.4) is 0 Å². The van der Waals surface area contributed by atoms with Gasteiger partial charge >= 0.3 is 0 Å².